The molecular weight excluding hydrogens is 496 g/mol. The van der Waals surface area contributed by atoms with Crippen molar-refractivity contribution in [1.82, 2.24) is 24.8 Å². The lowest BCUT2D eigenvalue weighted by atomic mass is 10.0. The number of H-pyrrole nitrogens is 1. The van der Waals surface area contributed by atoms with Crippen molar-refractivity contribution in [3.63, 3.8) is 0 Å². The van der Waals surface area contributed by atoms with E-state index < -0.39 is 29.1 Å². The second-order valence-corrected chi connectivity index (χ2v) is 8.43. The van der Waals surface area contributed by atoms with Gasteiger partial charge in [-0.05, 0) is 59.7 Å². The molecule has 38 heavy (non-hydrogen) atoms. The van der Waals surface area contributed by atoms with Gasteiger partial charge in [0.25, 0.3) is 11.5 Å². The number of aromatic nitrogens is 4. The fourth-order valence-electron chi connectivity index (χ4n) is 4.07. The summed E-state index contributed by atoms with van der Waals surface area (Å²) in [4.78, 5) is 48.8. The highest BCUT2D eigenvalue weighted by molar-refractivity contribution is 5.96. The van der Waals surface area contributed by atoms with Crippen molar-refractivity contribution in [3.05, 3.63) is 118 Å². The number of fused-ring (bicyclic) bond motifs is 1. The number of carbonyl (C=O) groups excluding carboxylic acids is 1. The second kappa shape index (κ2) is 10.1. The highest BCUT2D eigenvalue weighted by Gasteiger charge is 2.16. The molecular formula is C27H19F2N5O4. The van der Waals surface area contributed by atoms with E-state index >= 15 is 0 Å². The zero-order chi connectivity index (χ0) is 26.8. The number of hydrogen-bond acceptors (Lipinski definition) is 5. The van der Waals surface area contributed by atoms with E-state index in [1.54, 1.807) is 24.5 Å². The van der Waals surface area contributed by atoms with Crippen LogP contribution < -0.4 is 10.9 Å². The fraction of sp³-hybridized carbons (Fsp3) is 0.0741. The number of amides is 1. The molecule has 4 heterocycles. The standard InChI is InChI=1S/C27H19F2N5O4/c28-21-6-5-15(9-22(21)29)14-34-8-2-4-19(26(34)36)25(35)32-12-17-10-16(11-23(33-17)27(37)38)20-13-31-24-18(20)3-1-7-30-24/h1-11,13H,12,14H2,(H,30,31)(H,32,35)(H,37,38). The monoisotopic (exact) mass is 515 g/mol. The molecule has 4 aromatic heterocycles. The minimum absolute atomic E-state index is 0.0673. The normalized spacial score (nSPS) is 11.0. The Morgan fingerprint density at radius 1 is 1.05 bits per heavy atom. The topological polar surface area (TPSA) is 130 Å². The van der Waals surface area contributed by atoms with Crippen molar-refractivity contribution in [3.8, 4) is 11.1 Å². The van der Waals surface area contributed by atoms with Gasteiger partial charge in [0.15, 0.2) is 11.6 Å². The summed E-state index contributed by atoms with van der Waals surface area (Å²) < 4.78 is 28.0. The van der Waals surface area contributed by atoms with Crippen LogP contribution in [0.25, 0.3) is 22.2 Å². The van der Waals surface area contributed by atoms with Gasteiger partial charge in [-0.1, -0.05) is 6.07 Å². The van der Waals surface area contributed by atoms with Crippen LogP contribution in [0, 0.1) is 11.6 Å². The summed E-state index contributed by atoms with van der Waals surface area (Å²) in [6.45, 7) is -0.215. The Labute approximate surface area is 213 Å². The van der Waals surface area contributed by atoms with Gasteiger partial charge >= 0.3 is 5.97 Å². The summed E-state index contributed by atoms with van der Waals surface area (Å²) in [5, 5.41) is 13.0. The van der Waals surface area contributed by atoms with Crippen molar-refractivity contribution >= 4 is 22.9 Å². The molecule has 5 rings (SSSR count). The van der Waals surface area contributed by atoms with E-state index in [0.29, 0.717) is 22.3 Å². The van der Waals surface area contributed by atoms with E-state index in [0.717, 1.165) is 17.5 Å². The maximum Gasteiger partial charge on any atom is 0.354 e. The van der Waals surface area contributed by atoms with Gasteiger partial charge < -0.3 is 20.0 Å². The predicted molar refractivity (Wildman–Crippen MR) is 134 cm³/mol. The molecule has 1 amide bonds. The Morgan fingerprint density at radius 2 is 1.89 bits per heavy atom. The number of aromatic carboxylic acids is 1. The van der Waals surface area contributed by atoms with Crippen molar-refractivity contribution in [1.29, 1.82) is 0 Å². The van der Waals surface area contributed by atoms with Crippen LogP contribution in [0.2, 0.25) is 0 Å². The fourth-order valence-corrected chi connectivity index (χ4v) is 4.07. The number of carbonyl (C=O) groups is 2. The van der Waals surface area contributed by atoms with Crippen LogP contribution in [0.5, 0.6) is 0 Å². The van der Waals surface area contributed by atoms with E-state index in [2.05, 4.69) is 20.3 Å². The number of carboxylic acid groups (broad SMARTS) is 1. The molecule has 0 atom stereocenters. The predicted octanol–water partition coefficient (Wildman–Crippen LogP) is 3.74. The molecule has 0 bridgehead atoms. The quantitative estimate of drug-likeness (QED) is 0.303. The maximum atomic E-state index is 13.6. The van der Waals surface area contributed by atoms with Crippen LogP contribution in [-0.4, -0.2) is 36.5 Å². The minimum atomic E-state index is -1.24. The Kier molecular flexibility index (Phi) is 6.48. The molecule has 0 aliphatic heterocycles. The lowest BCUT2D eigenvalue weighted by Crippen LogP contribution is -2.33. The summed E-state index contributed by atoms with van der Waals surface area (Å²) in [6, 6.07) is 12.8. The number of pyridine rings is 3. The van der Waals surface area contributed by atoms with Crippen molar-refractivity contribution in [2.45, 2.75) is 13.1 Å². The van der Waals surface area contributed by atoms with E-state index in [9.17, 15) is 28.3 Å². The van der Waals surface area contributed by atoms with E-state index in [4.69, 9.17) is 0 Å². The Balaban J connectivity index is 1.38. The van der Waals surface area contributed by atoms with Gasteiger partial charge in [-0.25, -0.2) is 23.5 Å². The zero-order valence-corrected chi connectivity index (χ0v) is 19.6. The molecule has 0 saturated heterocycles. The lowest BCUT2D eigenvalue weighted by Gasteiger charge is -2.10. The molecule has 0 saturated carbocycles. The number of nitrogens with one attached hydrogen (secondary N) is 2. The van der Waals surface area contributed by atoms with E-state index in [1.807, 2.05) is 6.07 Å². The summed E-state index contributed by atoms with van der Waals surface area (Å²) >= 11 is 0. The van der Waals surface area contributed by atoms with Gasteiger partial charge in [0, 0.05) is 29.5 Å². The number of aromatic amines is 1. The third-order valence-corrected chi connectivity index (χ3v) is 5.89. The van der Waals surface area contributed by atoms with E-state index in [-0.39, 0.29) is 30.0 Å². The van der Waals surface area contributed by atoms with Crippen molar-refractivity contribution in [2.24, 2.45) is 0 Å². The van der Waals surface area contributed by atoms with E-state index in [1.165, 1.54) is 35.0 Å². The molecule has 0 aliphatic carbocycles. The van der Waals surface area contributed by atoms with Gasteiger partial charge in [0.2, 0.25) is 0 Å². The molecule has 0 spiro atoms. The molecule has 1 aromatic carbocycles. The first-order valence-electron chi connectivity index (χ1n) is 11.4. The van der Waals surface area contributed by atoms with Gasteiger partial charge in [-0.15, -0.1) is 0 Å². The van der Waals surface area contributed by atoms with Gasteiger partial charge in [-0.3, -0.25) is 9.59 Å². The summed E-state index contributed by atoms with van der Waals surface area (Å²) in [6.07, 6.45) is 4.77. The molecule has 11 heteroatoms. The number of nitrogens with zero attached hydrogens (tertiary/aromatic N) is 3. The first kappa shape index (κ1) is 24.5. The average molecular weight is 515 g/mol. The third kappa shape index (κ3) is 4.89. The van der Waals surface area contributed by atoms with Crippen LogP contribution in [0.4, 0.5) is 8.78 Å². The number of hydrogen-bond donors (Lipinski definition) is 3. The summed E-state index contributed by atoms with van der Waals surface area (Å²) in [5.74, 6) is -3.97. The number of halogens is 2. The Morgan fingerprint density at radius 3 is 2.68 bits per heavy atom. The van der Waals surface area contributed by atoms with Gasteiger partial charge in [-0.2, -0.15) is 0 Å². The highest BCUT2D eigenvalue weighted by atomic mass is 19.2. The first-order chi connectivity index (χ1) is 18.3. The number of carboxylic acids is 1. The average Bonchev–Trinajstić information content (AvgIpc) is 3.35. The lowest BCUT2D eigenvalue weighted by molar-refractivity contribution is 0.0690. The highest BCUT2D eigenvalue weighted by Crippen LogP contribution is 2.28. The largest absolute Gasteiger partial charge is 0.477 e. The van der Waals surface area contributed by atoms with Crippen LogP contribution in [0.3, 0.4) is 0 Å². The maximum absolute atomic E-state index is 13.6. The Hall–Kier alpha value is -5.19. The SMILES string of the molecule is O=C(O)c1cc(-c2c[nH]c3ncccc23)cc(CNC(=O)c2cccn(Cc3ccc(F)c(F)c3)c2=O)n1. The molecule has 5 aromatic rings. The van der Waals surface area contributed by atoms with Gasteiger partial charge in [0.1, 0.15) is 16.9 Å². The summed E-state index contributed by atoms with van der Waals surface area (Å²) in [5.41, 5.74) is 1.51. The van der Waals surface area contributed by atoms with Crippen LogP contribution in [0.15, 0.2) is 78.0 Å². The Bertz CT molecular complexity index is 1760. The zero-order valence-electron chi connectivity index (χ0n) is 19.6. The van der Waals surface area contributed by atoms with Crippen LogP contribution >= 0.6 is 0 Å². The molecule has 0 radical (unpaired) electrons. The first-order valence-corrected chi connectivity index (χ1v) is 11.4. The summed E-state index contributed by atoms with van der Waals surface area (Å²) in [7, 11) is 0. The molecule has 0 aliphatic rings. The molecule has 0 unspecified atom stereocenters. The smallest absolute Gasteiger partial charge is 0.354 e. The second-order valence-electron chi connectivity index (χ2n) is 8.43. The van der Waals surface area contributed by atoms with Crippen molar-refractivity contribution < 1.29 is 23.5 Å². The molecule has 0 fully saturated rings. The van der Waals surface area contributed by atoms with Crippen molar-refractivity contribution in [2.75, 3.05) is 0 Å². The minimum Gasteiger partial charge on any atom is -0.477 e. The number of rotatable bonds is 7. The third-order valence-electron chi connectivity index (χ3n) is 5.89. The molecule has 190 valence electrons. The van der Waals surface area contributed by atoms with Crippen LogP contribution in [0.1, 0.15) is 32.1 Å². The molecule has 9 nitrogen and oxygen atoms in total. The molecule has 3 N–H and O–H groups in total. The number of benzene rings is 1. The van der Waals surface area contributed by atoms with Crippen LogP contribution in [-0.2, 0) is 13.1 Å². The van der Waals surface area contributed by atoms with Gasteiger partial charge in [0.05, 0.1) is 18.8 Å².